The van der Waals surface area contributed by atoms with E-state index < -0.39 is 5.91 Å². The monoisotopic (exact) mass is 264 g/mol. The molecular weight excluding hydrogens is 252 g/mol. The number of nitrogens with two attached hydrogens (primary N) is 1. The van der Waals surface area contributed by atoms with Gasteiger partial charge in [-0.05, 0) is 24.6 Å². The van der Waals surface area contributed by atoms with Crippen LogP contribution in [0.4, 0.5) is 0 Å². The molecule has 0 spiro atoms. The zero-order chi connectivity index (χ0) is 13.7. The van der Waals surface area contributed by atoms with E-state index in [0.717, 1.165) is 0 Å². The lowest BCUT2D eigenvalue weighted by Crippen LogP contribution is -2.13. The number of hydrogen-bond donors (Lipinski definition) is 2. The van der Waals surface area contributed by atoms with E-state index in [4.69, 9.17) is 17.3 Å². The van der Waals surface area contributed by atoms with E-state index in [1.807, 2.05) is 0 Å². The summed E-state index contributed by atoms with van der Waals surface area (Å²) < 4.78 is 0. The smallest absolute Gasteiger partial charge is 0.271 e. The molecule has 18 heavy (non-hydrogen) atoms. The Kier molecular flexibility index (Phi) is 4.68. The normalized spacial score (nSPS) is 12.3. The molecule has 4 nitrogen and oxygen atoms in total. The topological polar surface area (TPSA) is 76.2 Å². The van der Waals surface area contributed by atoms with E-state index in [9.17, 15) is 9.90 Å². The van der Waals surface area contributed by atoms with Gasteiger partial charge >= 0.3 is 0 Å². The van der Waals surface area contributed by atoms with Gasteiger partial charge in [0, 0.05) is 16.8 Å². The Morgan fingerprint density at radius 1 is 1.61 bits per heavy atom. The zero-order valence-electron chi connectivity index (χ0n) is 9.85. The van der Waals surface area contributed by atoms with Gasteiger partial charge in [0.05, 0.1) is 0 Å². The van der Waals surface area contributed by atoms with Crippen molar-refractivity contribution in [3.63, 3.8) is 0 Å². The van der Waals surface area contributed by atoms with Crippen LogP contribution in [-0.2, 0) is 0 Å². The maximum atomic E-state index is 10.9. The van der Waals surface area contributed by atoms with Gasteiger partial charge in [-0.15, -0.1) is 0 Å². The predicted octanol–water partition coefficient (Wildman–Crippen LogP) is 2.60. The maximum Gasteiger partial charge on any atom is 0.271 e. The van der Waals surface area contributed by atoms with Crippen LogP contribution >= 0.6 is 11.6 Å². The summed E-state index contributed by atoms with van der Waals surface area (Å²) in [5.41, 5.74) is 6.15. The first-order chi connectivity index (χ1) is 8.49. The maximum absolute atomic E-state index is 10.9. The van der Waals surface area contributed by atoms with Crippen LogP contribution in [0.1, 0.15) is 23.0 Å². The summed E-state index contributed by atoms with van der Waals surface area (Å²) in [6.45, 7) is 5.45. The first-order valence-corrected chi connectivity index (χ1v) is 5.52. The first kappa shape index (κ1) is 14.0. The Balaban J connectivity index is 3.25. The summed E-state index contributed by atoms with van der Waals surface area (Å²) in [6, 6.07) is 1.39. The largest absolute Gasteiger partial charge is 0.505 e. The van der Waals surface area contributed by atoms with Crippen LogP contribution in [0.25, 0.3) is 5.57 Å². The van der Waals surface area contributed by atoms with Crippen LogP contribution in [-0.4, -0.2) is 16.0 Å². The minimum Gasteiger partial charge on any atom is -0.505 e. The van der Waals surface area contributed by atoms with Gasteiger partial charge in [0.25, 0.3) is 5.91 Å². The van der Waals surface area contributed by atoms with Gasteiger partial charge < -0.3 is 10.8 Å². The molecule has 3 N–H and O–H groups in total. The Hall–Kier alpha value is -2.07. The predicted molar refractivity (Wildman–Crippen MR) is 72.2 cm³/mol. The molecule has 0 unspecified atom stereocenters. The van der Waals surface area contributed by atoms with E-state index >= 15 is 0 Å². The number of carbonyl (C=O) groups excluding carboxylic acids is 1. The molecule has 1 aromatic rings. The molecule has 1 heterocycles. The molecule has 0 aliphatic carbocycles. The lowest BCUT2D eigenvalue weighted by Gasteiger charge is -2.05. The molecule has 0 aliphatic heterocycles. The summed E-state index contributed by atoms with van der Waals surface area (Å²) in [5, 5.41) is 10.2. The summed E-state index contributed by atoms with van der Waals surface area (Å²) >= 11 is 5.89. The Bertz CT molecular complexity index is 548. The molecule has 1 rings (SSSR count). The third-order valence-corrected chi connectivity index (χ3v) is 2.55. The van der Waals surface area contributed by atoms with Crippen LogP contribution in [0.3, 0.4) is 0 Å². The number of carbonyl (C=O) groups is 1. The highest BCUT2D eigenvalue weighted by molar-refractivity contribution is 6.31. The quantitative estimate of drug-likeness (QED) is 0.821. The molecule has 0 atom stereocenters. The minimum absolute atomic E-state index is 0.167. The summed E-state index contributed by atoms with van der Waals surface area (Å²) in [5.74, 6) is -1.06. The van der Waals surface area contributed by atoms with Crippen LogP contribution in [0.15, 0.2) is 42.1 Å². The van der Waals surface area contributed by atoms with Crippen molar-refractivity contribution in [3.8, 4) is 5.75 Å². The molecule has 0 bridgehead atoms. The fourth-order valence-corrected chi connectivity index (χ4v) is 1.41. The molecule has 1 amide bonds. The number of nitrogens with zero attached hydrogens (tertiary/aromatic N) is 1. The Labute approximate surface area is 110 Å². The highest BCUT2D eigenvalue weighted by atomic mass is 35.5. The fourth-order valence-electron chi connectivity index (χ4n) is 1.29. The second kappa shape index (κ2) is 6.02. The number of amides is 1. The first-order valence-electron chi connectivity index (χ1n) is 5.14. The van der Waals surface area contributed by atoms with E-state index in [2.05, 4.69) is 11.6 Å². The van der Waals surface area contributed by atoms with Gasteiger partial charge in [-0.25, -0.2) is 4.98 Å². The van der Waals surface area contributed by atoms with Gasteiger partial charge in [0.2, 0.25) is 0 Å². The molecule has 0 radical (unpaired) electrons. The standard InChI is InChI=1S/C13H13ClN2O2/c1-3-8(5-10(14)4-2)9-6-11(17)12(13(15)18)16-7-9/h3-7,17H,1H2,2H3,(H2,15,18)/b8-5+,10-4+. The van der Waals surface area contributed by atoms with E-state index in [1.165, 1.54) is 12.3 Å². The second-order valence-electron chi connectivity index (χ2n) is 3.43. The molecule has 0 aliphatic rings. The van der Waals surface area contributed by atoms with Crippen LogP contribution in [0.2, 0.25) is 0 Å². The number of hydrogen-bond acceptors (Lipinski definition) is 3. The lowest BCUT2D eigenvalue weighted by molar-refractivity contribution is 0.0993. The van der Waals surface area contributed by atoms with Crippen molar-refractivity contribution in [2.75, 3.05) is 0 Å². The Morgan fingerprint density at radius 3 is 2.72 bits per heavy atom. The molecule has 1 aromatic heterocycles. The molecular formula is C13H13ClN2O2. The average molecular weight is 265 g/mol. The lowest BCUT2D eigenvalue weighted by atomic mass is 10.1. The molecule has 5 heteroatoms. The number of aromatic nitrogens is 1. The SMILES string of the molecule is C=C/C(=C\C(Cl)=C/C)c1cnc(C(N)=O)c(O)c1. The number of halogens is 1. The molecule has 0 fully saturated rings. The molecule has 0 saturated heterocycles. The summed E-state index contributed by atoms with van der Waals surface area (Å²) in [6.07, 6.45) is 6.39. The Morgan fingerprint density at radius 2 is 2.28 bits per heavy atom. The number of rotatable bonds is 4. The molecule has 94 valence electrons. The number of allylic oxidation sites excluding steroid dienone is 5. The van der Waals surface area contributed by atoms with Gasteiger partial charge in [-0.1, -0.05) is 30.3 Å². The summed E-state index contributed by atoms with van der Waals surface area (Å²) in [4.78, 5) is 14.7. The van der Waals surface area contributed by atoms with Crippen molar-refractivity contribution in [1.29, 1.82) is 0 Å². The van der Waals surface area contributed by atoms with E-state index in [1.54, 1.807) is 25.2 Å². The summed E-state index contributed by atoms with van der Waals surface area (Å²) in [7, 11) is 0. The highest BCUT2D eigenvalue weighted by Crippen LogP contribution is 2.23. The van der Waals surface area contributed by atoms with Crippen LogP contribution < -0.4 is 5.73 Å². The third kappa shape index (κ3) is 3.21. The van der Waals surface area contributed by atoms with Crippen molar-refractivity contribution in [1.82, 2.24) is 4.98 Å². The van der Waals surface area contributed by atoms with Gasteiger partial charge in [0.1, 0.15) is 5.75 Å². The van der Waals surface area contributed by atoms with Crippen LogP contribution in [0.5, 0.6) is 5.75 Å². The van der Waals surface area contributed by atoms with E-state index in [-0.39, 0.29) is 11.4 Å². The van der Waals surface area contributed by atoms with Crippen molar-refractivity contribution >= 4 is 23.1 Å². The number of primary amides is 1. The molecule has 0 saturated carbocycles. The average Bonchev–Trinajstić information content (AvgIpc) is 2.34. The zero-order valence-corrected chi connectivity index (χ0v) is 10.6. The minimum atomic E-state index is -0.783. The third-order valence-electron chi connectivity index (χ3n) is 2.22. The van der Waals surface area contributed by atoms with Crippen LogP contribution in [0, 0.1) is 0 Å². The highest BCUT2D eigenvalue weighted by Gasteiger charge is 2.10. The van der Waals surface area contributed by atoms with Crippen molar-refractivity contribution in [3.05, 3.63) is 53.4 Å². The number of aromatic hydroxyl groups is 1. The molecule has 0 aromatic carbocycles. The van der Waals surface area contributed by atoms with Crippen molar-refractivity contribution < 1.29 is 9.90 Å². The number of pyridine rings is 1. The van der Waals surface area contributed by atoms with Crippen molar-refractivity contribution in [2.24, 2.45) is 5.73 Å². The van der Waals surface area contributed by atoms with Gasteiger partial charge in [-0.3, -0.25) is 4.79 Å². The van der Waals surface area contributed by atoms with Gasteiger partial charge in [-0.2, -0.15) is 0 Å². The second-order valence-corrected chi connectivity index (χ2v) is 3.87. The van der Waals surface area contributed by atoms with Gasteiger partial charge in [0.15, 0.2) is 5.69 Å². The van der Waals surface area contributed by atoms with Crippen molar-refractivity contribution in [2.45, 2.75) is 6.92 Å². The van der Waals surface area contributed by atoms with E-state index in [0.29, 0.717) is 16.2 Å². The fraction of sp³-hybridized carbons (Fsp3) is 0.0769.